The van der Waals surface area contributed by atoms with Crippen LogP contribution in [0, 0.1) is 0 Å². The van der Waals surface area contributed by atoms with Crippen LogP contribution >= 0.6 is 0 Å². The summed E-state index contributed by atoms with van der Waals surface area (Å²) < 4.78 is 5.59. The Bertz CT molecular complexity index is 622. The third-order valence-electron chi connectivity index (χ3n) is 3.45. The number of carboxylic acids is 1. The summed E-state index contributed by atoms with van der Waals surface area (Å²) in [5, 5.41) is 12.3. The van der Waals surface area contributed by atoms with Crippen molar-refractivity contribution in [2.24, 2.45) is 0 Å². The third kappa shape index (κ3) is 2.51. The number of hydrogen-bond acceptors (Lipinski definition) is 3. The van der Waals surface area contributed by atoms with Crippen molar-refractivity contribution in [2.45, 2.75) is 12.6 Å². The zero-order valence-electron chi connectivity index (χ0n) is 10.9. The van der Waals surface area contributed by atoms with Crippen molar-refractivity contribution in [1.29, 1.82) is 0 Å². The van der Waals surface area contributed by atoms with Gasteiger partial charge in [-0.05, 0) is 35.4 Å². The fraction of sp³-hybridized carbons (Fsp3) is 0.188. The molecule has 0 aliphatic carbocycles. The Morgan fingerprint density at radius 1 is 1.15 bits per heavy atom. The minimum atomic E-state index is -0.914. The molecule has 2 aromatic rings. The number of carboxylic acid groups (broad SMARTS) is 1. The molecule has 102 valence electrons. The molecule has 4 heteroatoms. The van der Waals surface area contributed by atoms with Crippen molar-refractivity contribution in [1.82, 2.24) is 0 Å². The Morgan fingerprint density at radius 2 is 1.90 bits per heavy atom. The number of ether oxygens (including phenoxy) is 1. The van der Waals surface area contributed by atoms with E-state index in [9.17, 15) is 4.79 Å². The third-order valence-corrected chi connectivity index (χ3v) is 3.45. The van der Waals surface area contributed by atoms with Crippen LogP contribution < -0.4 is 5.32 Å². The molecule has 2 N–H and O–H groups in total. The van der Waals surface area contributed by atoms with E-state index in [1.165, 1.54) is 11.1 Å². The van der Waals surface area contributed by atoms with Crippen molar-refractivity contribution in [3.05, 3.63) is 65.2 Å². The molecular formula is C16H15NO3. The van der Waals surface area contributed by atoms with Crippen LogP contribution in [0.3, 0.4) is 0 Å². The lowest BCUT2D eigenvalue weighted by molar-refractivity contribution is 0.0697. The Hall–Kier alpha value is -2.33. The minimum absolute atomic E-state index is 0.0932. The second-order valence-electron chi connectivity index (χ2n) is 4.79. The predicted molar refractivity (Wildman–Crippen MR) is 75.9 cm³/mol. The molecule has 2 aromatic carbocycles. The number of fused-ring (bicyclic) bond motifs is 1. The molecule has 0 radical (unpaired) electrons. The van der Waals surface area contributed by atoms with Crippen molar-refractivity contribution in [2.75, 3.05) is 11.9 Å². The average Bonchev–Trinajstić information content (AvgIpc) is 2.48. The van der Waals surface area contributed by atoms with Crippen LogP contribution in [0.5, 0.6) is 0 Å². The number of hydrogen-bond donors (Lipinski definition) is 2. The summed E-state index contributed by atoms with van der Waals surface area (Å²) >= 11 is 0. The highest BCUT2D eigenvalue weighted by Gasteiger charge is 2.19. The molecule has 1 atom stereocenters. The molecule has 1 aliphatic rings. The first-order valence-corrected chi connectivity index (χ1v) is 6.49. The molecule has 20 heavy (non-hydrogen) atoms. The van der Waals surface area contributed by atoms with E-state index >= 15 is 0 Å². The molecule has 1 aliphatic heterocycles. The number of benzene rings is 2. The molecule has 0 amide bonds. The van der Waals surface area contributed by atoms with E-state index in [4.69, 9.17) is 9.84 Å². The molecule has 1 unspecified atom stereocenters. The maximum atomic E-state index is 10.8. The first-order chi connectivity index (χ1) is 9.74. The van der Waals surface area contributed by atoms with Gasteiger partial charge in [-0.3, -0.25) is 0 Å². The zero-order chi connectivity index (χ0) is 13.9. The van der Waals surface area contributed by atoms with E-state index in [1.54, 1.807) is 24.3 Å². The largest absolute Gasteiger partial charge is 0.478 e. The topological polar surface area (TPSA) is 58.6 Å². The summed E-state index contributed by atoms with van der Waals surface area (Å²) in [6.07, 6.45) is 0. The fourth-order valence-electron chi connectivity index (χ4n) is 2.41. The minimum Gasteiger partial charge on any atom is -0.478 e. The number of aromatic carboxylic acids is 1. The monoisotopic (exact) mass is 269 g/mol. The summed E-state index contributed by atoms with van der Waals surface area (Å²) in [6.45, 7) is 1.25. The highest BCUT2D eigenvalue weighted by molar-refractivity contribution is 5.88. The van der Waals surface area contributed by atoms with Gasteiger partial charge in [0.25, 0.3) is 0 Å². The van der Waals surface area contributed by atoms with Crippen molar-refractivity contribution in [3.8, 4) is 0 Å². The second-order valence-corrected chi connectivity index (χ2v) is 4.79. The van der Waals surface area contributed by atoms with Gasteiger partial charge in [-0.1, -0.05) is 24.3 Å². The van der Waals surface area contributed by atoms with Crippen LogP contribution in [0.25, 0.3) is 0 Å². The Balaban J connectivity index is 1.80. The van der Waals surface area contributed by atoms with Gasteiger partial charge in [0.2, 0.25) is 0 Å². The predicted octanol–water partition coefficient (Wildman–Crippen LogP) is 3.07. The van der Waals surface area contributed by atoms with Gasteiger partial charge < -0.3 is 15.2 Å². The van der Waals surface area contributed by atoms with Gasteiger partial charge in [-0.25, -0.2) is 4.79 Å². The Kier molecular flexibility index (Phi) is 3.39. The van der Waals surface area contributed by atoms with Crippen LogP contribution in [0.1, 0.15) is 27.5 Å². The summed E-state index contributed by atoms with van der Waals surface area (Å²) in [7, 11) is 0. The lowest BCUT2D eigenvalue weighted by Crippen LogP contribution is -2.23. The van der Waals surface area contributed by atoms with E-state index in [1.807, 2.05) is 12.1 Å². The summed E-state index contributed by atoms with van der Waals surface area (Å²) in [6, 6.07) is 15.0. The molecule has 0 saturated heterocycles. The second kappa shape index (κ2) is 5.35. The zero-order valence-corrected chi connectivity index (χ0v) is 10.9. The van der Waals surface area contributed by atoms with Gasteiger partial charge in [-0.2, -0.15) is 0 Å². The van der Waals surface area contributed by atoms with Crippen molar-refractivity contribution < 1.29 is 14.6 Å². The van der Waals surface area contributed by atoms with Gasteiger partial charge >= 0.3 is 5.97 Å². The highest BCUT2D eigenvalue weighted by atomic mass is 16.5. The van der Waals surface area contributed by atoms with Gasteiger partial charge in [0, 0.05) is 5.69 Å². The number of nitrogens with one attached hydrogen (secondary N) is 1. The highest BCUT2D eigenvalue weighted by Crippen LogP contribution is 2.27. The maximum Gasteiger partial charge on any atom is 0.335 e. The summed E-state index contributed by atoms with van der Waals surface area (Å²) in [5.74, 6) is -0.914. The number of anilines is 1. The van der Waals surface area contributed by atoms with E-state index in [-0.39, 0.29) is 11.6 Å². The van der Waals surface area contributed by atoms with Crippen LogP contribution in [0.15, 0.2) is 48.5 Å². The van der Waals surface area contributed by atoms with E-state index in [2.05, 4.69) is 17.4 Å². The van der Waals surface area contributed by atoms with Crippen LogP contribution in [-0.2, 0) is 11.3 Å². The van der Waals surface area contributed by atoms with Gasteiger partial charge in [0.05, 0.1) is 24.8 Å². The van der Waals surface area contributed by atoms with E-state index < -0.39 is 5.97 Å². The van der Waals surface area contributed by atoms with Crippen LogP contribution in [-0.4, -0.2) is 17.7 Å². The molecule has 4 nitrogen and oxygen atoms in total. The van der Waals surface area contributed by atoms with Crippen molar-refractivity contribution in [3.63, 3.8) is 0 Å². The lowest BCUT2D eigenvalue weighted by atomic mass is 9.99. The Labute approximate surface area is 117 Å². The SMILES string of the molecule is O=C(O)c1ccc(NC2COCc3ccccc32)cc1. The molecule has 0 aromatic heterocycles. The number of rotatable bonds is 3. The average molecular weight is 269 g/mol. The van der Waals surface area contributed by atoms with Gasteiger partial charge in [-0.15, -0.1) is 0 Å². The molecule has 3 rings (SSSR count). The smallest absolute Gasteiger partial charge is 0.335 e. The quantitative estimate of drug-likeness (QED) is 0.899. The van der Waals surface area contributed by atoms with Crippen LogP contribution in [0.4, 0.5) is 5.69 Å². The maximum absolute atomic E-state index is 10.8. The van der Waals surface area contributed by atoms with Crippen molar-refractivity contribution >= 4 is 11.7 Å². The molecular weight excluding hydrogens is 254 g/mol. The van der Waals surface area contributed by atoms with E-state index in [0.29, 0.717) is 13.2 Å². The van der Waals surface area contributed by atoms with Crippen LogP contribution in [0.2, 0.25) is 0 Å². The molecule has 0 saturated carbocycles. The molecule has 1 heterocycles. The van der Waals surface area contributed by atoms with Gasteiger partial charge in [0.15, 0.2) is 0 Å². The fourth-order valence-corrected chi connectivity index (χ4v) is 2.41. The first kappa shape index (κ1) is 12.7. The Morgan fingerprint density at radius 3 is 2.65 bits per heavy atom. The normalized spacial score (nSPS) is 17.3. The molecule has 0 fully saturated rings. The first-order valence-electron chi connectivity index (χ1n) is 6.49. The number of carbonyl (C=O) groups is 1. The lowest BCUT2D eigenvalue weighted by Gasteiger charge is -2.27. The standard InChI is InChI=1S/C16H15NO3/c18-16(19)11-5-7-13(8-6-11)17-15-10-20-9-12-3-1-2-4-14(12)15/h1-8,15,17H,9-10H2,(H,18,19). The van der Waals surface area contributed by atoms with Gasteiger partial charge in [0.1, 0.15) is 0 Å². The van der Waals surface area contributed by atoms with E-state index in [0.717, 1.165) is 5.69 Å². The summed E-state index contributed by atoms with van der Waals surface area (Å²) in [4.78, 5) is 10.8. The molecule has 0 bridgehead atoms. The molecule has 0 spiro atoms. The summed E-state index contributed by atoms with van der Waals surface area (Å²) in [5.41, 5.74) is 3.61.